The molecule has 15 heteroatoms. The van der Waals surface area contributed by atoms with Crippen LogP contribution in [0.4, 0.5) is 0 Å². The van der Waals surface area contributed by atoms with Crippen molar-refractivity contribution in [3.8, 4) is 11.5 Å². The quantitative estimate of drug-likeness (QED) is 0.0375. The molecule has 49 heavy (non-hydrogen) atoms. The molecule has 0 bridgehead atoms. The van der Waals surface area contributed by atoms with E-state index in [2.05, 4.69) is 5.32 Å². The van der Waals surface area contributed by atoms with E-state index in [0.29, 0.717) is 16.7 Å². The number of carbonyl (C=O) groups is 3. The van der Waals surface area contributed by atoms with Gasteiger partial charge in [0.1, 0.15) is 0 Å². The van der Waals surface area contributed by atoms with Crippen molar-refractivity contribution < 1.29 is 49.9 Å². The average Bonchev–Trinajstić information content (AvgIpc) is 3.02. The van der Waals surface area contributed by atoms with Crippen LogP contribution in [0.2, 0.25) is 0 Å². The standard InChI is InChI=1S/C34H42N4O11/c39-27-12-11-24(21-28(27)40)16-20-35-29(41)13-17-32(38(48)49,18-14-30(42)36-33(44,45)22-25-7-3-1-4-8-25)19-15-31(43)37-34(46,47)23-26-9-5-2-6-10-26/h1-12,21,39-40,44-47H,13-20,22-23H2,(H,35,41)(H,36,42)(H,37,43). The molecule has 3 amide bonds. The highest BCUT2D eigenvalue weighted by Crippen LogP contribution is 2.30. The highest BCUT2D eigenvalue weighted by Gasteiger charge is 2.44. The van der Waals surface area contributed by atoms with Crippen LogP contribution in [-0.4, -0.2) is 77.2 Å². The molecule has 3 aromatic carbocycles. The number of benzene rings is 3. The second-order valence-electron chi connectivity index (χ2n) is 12.0. The van der Waals surface area contributed by atoms with Gasteiger partial charge in [-0.15, -0.1) is 0 Å². The first-order chi connectivity index (χ1) is 23.1. The third kappa shape index (κ3) is 13.1. The Morgan fingerprint density at radius 3 is 1.51 bits per heavy atom. The highest BCUT2D eigenvalue weighted by molar-refractivity contribution is 5.78. The number of aliphatic hydroxyl groups is 4. The van der Waals surface area contributed by atoms with E-state index in [4.69, 9.17) is 0 Å². The Morgan fingerprint density at radius 2 is 1.08 bits per heavy atom. The molecule has 0 saturated heterocycles. The lowest BCUT2D eigenvalue weighted by molar-refractivity contribution is -0.573. The Labute approximate surface area is 282 Å². The fourth-order valence-electron chi connectivity index (χ4n) is 5.27. The molecule has 0 aliphatic heterocycles. The third-order valence-corrected chi connectivity index (χ3v) is 7.88. The topological polar surface area (TPSA) is 252 Å². The van der Waals surface area contributed by atoms with Crippen LogP contribution in [0.3, 0.4) is 0 Å². The van der Waals surface area contributed by atoms with Crippen LogP contribution in [-0.2, 0) is 33.6 Å². The molecular weight excluding hydrogens is 640 g/mol. The molecule has 0 unspecified atom stereocenters. The van der Waals surface area contributed by atoms with Crippen molar-refractivity contribution in [3.63, 3.8) is 0 Å². The number of nitrogens with zero attached hydrogens (tertiary/aromatic N) is 1. The fraction of sp³-hybridized carbons (Fsp3) is 0.382. The second kappa shape index (κ2) is 17.3. The summed E-state index contributed by atoms with van der Waals surface area (Å²) in [5, 5.41) is 79.7. The SMILES string of the molecule is O=C(CCC(CCC(=O)NC(O)(O)Cc1ccccc1)(CCC(=O)NC(O)(O)Cc1ccccc1)[N+](=O)[O-])NCCc1ccc(O)c(O)c1. The van der Waals surface area contributed by atoms with E-state index in [1.54, 1.807) is 66.7 Å². The van der Waals surface area contributed by atoms with Crippen LogP contribution in [0, 0.1) is 10.1 Å². The van der Waals surface area contributed by atoms with Crippen LogP contribution in [0.25, 0.3) is 0 Å². The minimum atomic E-state index is -2.66. The number of nitro groups is 1. The van der Waals surface area contributed by atoms with Gasteiger partial charge in [-0.1, -0.05) is 66.7 Å². The van der Waals surface area contributed by atoms with Gasteiger partial charge in [0.05, 0.1) is 0 Å². The number of phenolic OH excluding ortho intramolecular Hbond substituents is 2. The number of rotatable bonds is 19. The lowest BCUT2D eigenvalue weighted by atomic mass is 9.84. The third-order valence-electron chi connectivity index (χ3n) is 7.88. The summed E-state index contributed by atoms with van der Waals surface area (Å²) in [6.07, 6.45) is -3.35. The van der Waals surface area contributed by atoms with Crippen LogP contribution in [0.15, 0.2) is 78.9 Å². The number of amides is 3. The first kappa shape index (κ1) is 38.4. The summed E-state index contributed by atoms with van der Waals surface area (Å²) in [5.74, 6) is -8.36. The molecule has 3 aromatic rings. The van der Waals surface area contributed by atoms with E-state index in [9.17, 15) is 55.1 Å². The van der Waals surface area contributed by atoms with Gasteiger partial charge in [-0.25, -0.2) is 0 Å². The summed E-state index contributed by atoms with van der Waals surface area (Å²) in [6.45, 7) is 0.103. The molecule has 0 aliphatic carbocycles. The largest absolute Gasteiger partial charge is 0.504 e. The fourth-order valence-corrected chi connectivity index (χ4v) is 5.27. The van der Waals surface area contributed by atoms with Gasteiger partial charge < -0.3 is 46.6 Å². The van der Waals surface area contributed by atoms with Crippen molar-refractivity contribution in [3.05, 3.63) is 106 Å². The van der Waals surface area contributed by atoms with Crippen LogP contribution in [0.5, 0.6) is 11.5 Å². The van der Waals surface area contributed by atoms with Gasteiger partial charge in [-0.2, -0.15) is 0 Å². The van der Waals surface area contributed by atoms with Crippen LogP contribution < -0.4 is 16.0 Å². The molecule has 0 atom stereocenters. The molecular formula is C34H42N4O11. The summed E-state index contributed by atoms with van der Waals surface area (Å²) in [4.78, 5) is 50.1. The first-order valence-corrected chi connectivity index (χ1v) is 15.6. The maximum Gasteiger partial charge on any atom is 0.250 e. The van der Waals surface area contributed by atoms with Crippen molar-refractivity contribution in [2.75, 3.05) is 6.54 Å². The summed E-state index contributed by atoms with van der Waals surface area (Å²) in [5.41, 5.74) is -0.403. The van der Waals surface area contributed by atoms with E-state index < -0.39 is 72.1 Å². The van der Waals surface area contributed by atoms with Crippen molar-refractivity contribution in [2.45, 2.75) is 75.1 Å². The Bertz CT molecular complexity index is 1500. The molecule has 0 aliphatic rings. The molecule has 0 fully saturated rings. The highest BCUT2D eigenvalue weighted by atomic mass is 16.6. The van der Waals surface area contributed by atoms with Gasteiger partial charge in [-0.3, -0.25) is 24.5 Å². The minimum absolute atomic E-state index is 0.103. The molecule has 9 N–H and O–H groups in total. The van der Waals surface area contributed by atoms with Gasteiger partial charge in [0.25, 0.3) is 11.8 Å². The van der Waals surface area contributed by atoms with Gasteiger partial charge in [0.15, 0.2) is 11.5 Å². The molecule has 3 rings (SSSR count). The van der Waals surface area contributed by atoms with Gasteiger partial charge in [0, 0.05) is 62.8 Å². The van der Waals surface area contributed by atoms with Crippen LogP contribution in [0.1, 0.15) is 55.2 Å². The van der Waals surface area contributed by atoms with Gasteiger partial charge in [0.2, 0.25) is 23.3 Å². The maximum atomic E-state index is 12.8. The van der Waals surface area contributed by atoms with Crippen molar-refractivity contribution in [1.82, 2.24) is 16.0 Å². The average molecular weight is 683 g/mol. The Balaban J connectivity index is 1.66. The predicted octanol–water partition coefficient (Wildman–Crippen LogP) is 1.11. The molecule has 0 radical (unpaired) electrons. The Kier molecular flexibility index (Phi) is 13.6. The predicted molar refractivity (Wildman–Crippen MR) is 175 cm³/mol. The van der Waals surface area contributed by atoms with E-state index in [1.165, 1.54) is 12.1 Å². The monoisotopic (exact) mass is 682 g/mol. The number of nitrogens with one attached hydrogen (secondary N) is 3. The number of aromatic hydroxyl groups is 2. The van der Waals surface area contributed by atoms with Gasteiger partial charge in [-0.05, 0) is 35.2 Å². The molecule has 15 nitrogen and oxygen atoms in total. The second-order valence-corrected chi connectivity index (χ2v) is 12.0. The summed E-state index contributed by atoms with van der Waals surface area (Å²) in [7, 11) is 0. The molecule has 0 saturated carbocycles. The smallest absolute Gasteiger partial charge is 0.250 e. The lowest BCUT2D eigenvalue weighted by Crippen LogP contribution is -2.51. The minimum Gasteiger partial charge on any atom is -0.504 e. The molecule has 0 aromatic heterocycles. The lowest BCUT2D eigenvalue weighted by Gasteiger charge is -2.28. The van der Waals surface area contributed by atoms with Crippen molar-refractivity contribution in [1.29, 1.82) is 0 Å². The molecule has 0 heterocycles. The first-order valence-electron chi connectivity index (χ1n) is 15.6. The maximum absolute atomic E-state index is 12.8. The Hall–Kier alpha value is -5.09. The van der Waals surface area contributed by atoms with Crippen molar-refractivity contribution in [2.24, 2.45) is 0 Å². The van der Waals surface area contributed by atoms with E-state index >= 15 is 0 Å². The zero-order valence-corrected chi connectivity index (χ0v) is 26.7. The summed E-state index contributed by atoms with van der Waals surface area (Å²) < 4.78 is 0. The normalized spacial score (nSPS) is 11.8. The number of phenols is 2. The van der Waals surface area contributed by atoms with E-state index in [-0.39, 0.29) is 43.7 Å². The van der Waals surface area contributed by atoms with Gasteiger partial charge >= 0.3 is 0 Å². The Morgan fingerprint density at radius 1 is 0.633 bits per heavy atom. The van der Waals surface area contributed by atoms with E-state index in [1.807, 2.05) is 10.6 Å². The van der Waals surface area contributed by atoms with Crippen LogP contribution >= 0.6 is 0 Å². The zero-order valence-electron chi connectivity index (χ0n) is 26.7. The zero-order chi connectivity index (χ0) is 36.1. The molecule has 264 valence electrons. The molecule has 0 spiro atoms. The number of hydrogen-bond acceptors (Lipinski definition) is 11. The number of hydrogen-bond donors (Lipinski definition) is 9. The van der Waals surface area contributed by atoms with Crippen molar-refractivity contribution >= 4 is 17.7 Å². The van der Waals surface area contributed by atoms with E-state index in [0.717, 1.165) is 0 Å². The number of carbonyl (C=O) groups excluding carboxylic acids is 3. The summed E-state index contributed by atoms with van der Waals surface area (Å²) in [6, 6.07) is 20.8. The summed E-state index contributed by atoms with van der Waals surface area (Å²) >= 11 is 0.